The zero-order valence-corrected chi connectivity index (χ0v) is 14.7. The van der Waals surface area contributed by atoms with E-state index in [1.54, 1.807) is 0 Å². The maximum atomic E-state index is 6.41. The highest BCUT2D eigenvalue weighted by molar-refractivity contribution is 6.31. The average Bonchev–Trinajstić information content (AvgIpc) is 2.34. The minimum atomic E-state index is 0.222. The number of rotatable bonds is 5. The molecule has 3 heteroatoms. The van der Waals surface area contributed by atoms with Gasteiger partial charge in [-0.3, -0.25) is 0 Å². The van der Waals surface area contributed by atoms with E-state index in [4.69, 9.17) is 11.6 Å². The zero-order valence-electron chi connectivity index (χ0n) is 13.9. The molecule has 0 aliphatic heterocycles. The molecule has 1 N–H and O–H groups in total. The van der Waals surface area contributed by atoms with Gasteiger partial charge in [0.2, 0.25) is 0 Å². The lowest BCUT2D eigenvalue weighted by molar-refractivity contribution is 0.329. The molecule has 0 aromatic heterocycles. The lowest BCUT2D eigenvalue weighted by atomic mass is 9.86. The predicted molar refractivity (Wildman–Crippen MR) is 90.7 cm³/mol. The average molecular weight is 297 g/mol. The Morgan fingerprint density at radius 1 is 1.20 bits per heavy atom. The first kappa shape index (κ1) is 17.3. The highest BCUT2D eigenvalue weighted by Crippen LogP contribution is 2.32. The molecular formula is C17H29ClN2. The monoisotopic (exact) mass is 296 g/mol. The zero-order chi connectivity index (χ0) is 15.5. The van der Waals surface area contributed by atoms with Gasteiger partial charge in [0, 0.05) is 41.9 Å². The molecule has 1 aromatic carbocycles. The van der Waals surface area contributed by atoms with Gasteiger partial charge in [-0.05, 0) is 24.5 Å². The standard InChI is InChI=1S/C17H29ClN2/c1-12(2)19-11-14-15(18)9-8-10-16(14)20(7)13(3)17(4,5)6/h8-10,12-13,19H,11H2,1-7H3. The largest absolute Gasteiger partial charge is 0.371 e. The molecule has 1 atom stereocenters. The van der Waals surface area contributed by atoms with Gasteiger partial charge in [0.1, 0.15) is 0 Å². The minimum Gasteiger partial charge on any atom is -0.371 e. The van der Waals surface area contributed by atoms with Crippen molar-refractivity contribution < 1.29 is 0 Å². The van der Waals surface area contributed by atoms with E-state index >= 15 is 0 Å². The number of nitrogens with one attached hydrogen (secondary N) is 1. The van der Waals surface area contributed by atoms with Crippen LogP contribution in [0.3, 0.4) is 0 Å². The summed E-state index contributed by atoms with van der Waals surface area (Å²) in [4.78, 5) is 2.34. The van der Waals surface area contributed by atoms with Crippen LogP contribution in [0.4, 0.5) is 5.69 Å². The lowest BCUT2D eigenvalue weighted by Gasteiger charge is -2.38. The van der Waals surface area contributed by atoms with Gasteiger partial charge in [0.05, 0.1) is 0 Å². The van der Waals surface area contributed by atoms with Crippen LogP contribution in [0.15, 0.2) is 18.2 Å². The Labute approximate surface area is 129 Å². The first-order valence-corrected chi connectivity index (χ1v) is 7.76. The van der Waals surface area contributed by atoms with Crippen LogP contribution < -0.4 is 10.2 Å². The Morgan fingerprint density at radius 2 is 1.80 bits per heavy atom. The van der Waals surface area contributed by atoms with Gasteiger partial charge in [-0.25, -0.2) is 0 Å². The van der Waals surface area contributed by atoms with E-state index in [0.29, 0.717) is 12.1 Å². The van der Waals surface area contributed by atoms with E-state index in [0.717, 1.165) is 11.6 Å². The summed E-state index contributed by atoms with van der Waals surface area (Å²) < 4.78 is 0. The summed E-state index contributed by atoms with van der Waals surface area (Å²) in [6.07, 6.45) is 0. The molecule has 0 saturated carbocycles. The predicted octanol–water partition coefficient (Wildman–Crippen LogP) is 4.71. The van der Waals surface area contributed by atoms with Crippen LogP contribution in [-0.4, -0.2) is 19.1 Å². The molecule has 0 fully saturated rings. The second-order valence-corrected chi connectivity index (χ2v) is 7.33. The molecule has 1 unspecified atom stereocenters. The molecule has 0 saturated heterocycles. The third-order valence-corrected chi connectivity index (χ3v) is 4.35. The van der Waals surface area contributed by atoms with Gasteiger partial charge in [-0.2, -0.15) is 0 Å². The van der Waals surface area contributed by atoms with Crippen molar-refractivity contribution in [2.24, 2.45) is 5.41 Å². The van der Waals surface area contributed by atoms with Gasteiger partial charge in [-0.1, -0.05) is 52.3 Å². The van der Waals surface area contributed by atoms with Crippen LogP contribution in [0.5, 0.6) is 0 Å². The van der Waals surface area contributed by atoms with Crippen LogP contribution in [0.2, 0.25) is 5.02 Å². The van der Waals surface area contributed by atoms with Crippen molar-refractivity contribution in [1.29, 1.82) is 0 Å². The normalized spacial score (nSPS) is 13.7. The molecule has 0 aliphatic rings. The van der Waals surface area contributed by atoms with Gasteiger partial charge < -0.3 is 10.2 Å². The maximum absolute atomic E-state index is 6.41. The third kappa shape index (κ3) is 4.39. The van der Waals surface area contributed by atoms with Crippen molar-refractivity contribution in [3.63, 3.8) is 0 Å². The second kappa shape index (κ2) is 6.82. The fourth-order valence-electron chi connectivity index (χ4n) is 2.15. The Kier molecular flexibility index (Phi) is 5.91. The van der Waals surface area contributed by atoms with E-state index in [9.17, 15) is 0 Å². The van der Waals surface area contributed by atoms with Crippen molar-refractivity contribution in [1.82, 2.24) is 5.32 Å². The Morgan fingerprint density at radius 3 is 2.30 bits per heavy atom. The summed E-state index contributed by atoms with van der Waals surface area (Å²) in [5, 5.41) is 4.30. The molecule has 1 aromatic rings. The fraction of sp³-hybridized carbons (Fsp3) is 0.647. The number of anilines is 1. The van der Waals surface area contributed by atoms with Crippen molar-refractivity contribution in [2.75, 3.05) is 11.9 Å². The van der Waals surface area contributed by atoms with E-state index in [1.807, 2.05) is 12.1 Å². The number of benzene rings is 1. The van der Waals surface area contributed by atoms with Crippen LogP contribution in [0, 0.1) is 5.41 Å². The highest BCUT2D eigenvalue weighted by atomic mass is 35.5. The van der Waals surface area contributed by atoms with Crippen molar-refractivity contribution in [3.8, 4) is 0 Å². The molecule has 0 radical (unpaired) electrons. The van der Waals surface area contributed by atoms with Crippen molar-refractivity contribution >= 4 is 17.3 Å². The smallest absolute Gasteiger partial charge is 0.0471 e. The Bertz CT molecular complexity index is 435. The summed E-state index contributed by atoms with van der Waals surface area (Å²) in [5.74, 6) is 0. The number of hydrogen-bond donors (Lipinski definition) is 1. The van der Waals surface area contributed by atoms with Crippen LogP contribution in [-0.2, 0) is 6.54 Å². The van der Waals surface area contributed by atoms with Crippen LogP contribution in [0.1, 0.15) is 47.1 Å². The molecule has 0 aliphatic carbocycles. The minimum absolute atomic E-state index is 0.222. The number of nitrogens with zero attached hydrogens (tertiary/aromatic N) is 1. The fourth-order valence-corrected chi connectivity index (χ4v) is 2.38. The number of halogens is 1. The summed E-state index contributed by atoms with van der Waals surface area (Å²) >= 11 is 6.41. The summed E-state index contributed by atoms with van der Waals surface area (Å²) in [7, 11) is 2.15. The maximum Gasteiger partial charge on any atom is 0.0471 e. The topological polar surface area (TPSA) is 15.3 Å². The molecule has 1 rings (SSSR count). The van der Waals surface area contributed by atoms with E-state index in [-0.39, 0.29) is 5.41 Å². The van der Waals surface area contributed by atoms with Crippen LogP contribution in [0.25, 0.3) is 0 Å². The summed E-state index contributed by atoms with van der Waals surface area (Å²) in [6.45, 7) is 14.2. The molecule has 0 heterocycles. The van der Waals surface area contributed by atoms with E-state index in [1.165, 1.54) is 11.3 Å². The van der Waals surface area contributed by atoms with E-state index < -0.39 is 0 Å². The molecular weight excluding hydrogens is 268 g/mol. The van der Waals surface area contributed by atoms with Gasteiger partial charge in [-0.15, -0.1) is 0 Å². The van der Waals surface area contributed by atoms with Crippen LogP contribution >= 0.6 is 11.6 Å². The molecule has 20 heavy (non-hydrogen) atoms. The molecule has 0 bridgehead atoms. The Hall–Kier alpha value is -0.730. The molecule has 2 nitrogen and oxygen atoms in total. The summed E-state index contributed by atoms with van der Waals surface area (Å²) in [5.41, 5.74) is 2.62. The molecule has 0 spiro atoms. The van der Waals surface area contributed by atoms with Gasteiger partial charge in [0.15, 0.2) is 0 Å². The first-order chi connectivity index (χ1) is 9.14. The quantitative estimate of drug-likeness (QED) is 0.846. The van der Waals surface area contributed by atoms with E-state index in [2.05, 4.69) is 64.9 Å². The Balaban J connectivity index is 3.08. The van der Waals surface area contributed by atoms with Gasteiger partial charge in [0.25, 0.3) is 0 Å². The van der Waals surface area contributed by atoms with Crippen molar-refractivity contribution in [2.45, 2.75) is 60.2 Å². The SMILES string of the molecule is CC(C)NCc1c(Cl)cccc1N(C)C(C)C(C)(C)C. The highest BCUT2D eigenvalue weighted by Gasteiger charge is 2.25. The third-order valence-electron chi connectivity index (χ3n) is 4.00. The first-order valence-electron chi connectivity index (χ1n) is 7.38. The number of hydrogen-bond acceptors (Lipinski definition) is 2. The van der Waals surface area contributed by atoms with Crippen molar-refractivity contribution in [3.05, 3.63) is 28.8 Å². The molecule has 114 valence electrons. The van der Waals surface area contributed by atoms with Gasteiger partial charge >= 0.3 is 0 Å². The lowest BCUT2D eigenvalue weighted by Crippen LogP contribution is -2.40. The second-order valence-electron chi connectivity index (χ2n) is 6.93. The summed E-state index contributed by atoms with van der Waals surface area (Å²) in [6, 6.07) is 7.04. The molecule has 0 amide bonds.